The Hall–Kier alpha value is -0.883. The zero-order valence-corrected chi connectivity index (χ0v) is 14.5. The first-order valence-electron chi connectivity index (χ1n) is 7.09. The molecule has 6 heteroatoms. The zero-order chi connectivity index (χ0) is 15.9. The van der Waals surface area contributed by atoms with Crippen LogP contribution in [0.1, 0.15) is 34.6 Å². The van der Waals surface area contributed by atoms with Crippen molar-refractivity contribution in [2.45, 2.75) is 64.9 Å². The van der Waals surface area contributed by atoms with Crippen LogP contribution >= 0.6 is 0 Å². The molecule has 0 radical (unpaired) electrons. The van der Waals surface area contributed by atoms with Crippen LogP contribution in [0.25, 0.3) is 0 Å². The normalized spacial score (nSPS) is 26.4. The topological polar surface area (TPSA) is 75.6 Å². The van der Waals surface area contributed by atoms with Crippen LogP contribution in [0.4, 0.5) is 0 Å². The van der Waals surface area contributed by atoms with Gasteiger partial charge in [-0.1, -0.05) is 20.8 Å². The smallest absolute Gasteiger partial charge is 0.308 e. The average Bonchev–Trinajstić information content (AvgIpc) is 2.21. The van der Waals surface area contributed by atoms with Crippen LogP contribution in [-0.4, -0.2) is 37.4 Å². The Bertz CT molecular complexity index is 402. The van der Waals surface area contributed by atoms with E-state index in [0.717, 1.165) is 0 Å². The number of hydrogen-bond acceptors (Lipinski definition) is 3. The Kier molecular flexibility index (Phi) is 4.71. The summed E-state index contributed by atoms with van der Waals surface area (Å²) in [6.07, 6.45) is -0.253. The SMILES string of the molecule is CC(O[Si](C)(C)C(C)(C)C)[C@H]1C(=O)N[C@H]1[C@@H](C)C(=O)O. The second-order valence-electron chi connectivity index (χ2n) is 7.27. The van der Waals surface area contributed by atoms with Crippen molar-refractivity contribution in [2.24, 2.45) is 11.8 Å². The highest BCUT2D eigenvalue weighted by molar-refractivity contribution is 6.74. The Balaban J connectivity index is 2.78. The molecular formula is C14H27NO4Si. The molecule has 1 fully saturated rings. The van der Waals surface area contributed by atoms with Gasteiger partial charge in [0, 0.05) is 0 Å². The van der Waals surface area contributed by atoms with Crippen molar-refractivity contribution < 1.29 is 19.1 Å². The average molecular weight is 301 g/mol. The number of carbonyl (C=O) groups excluding carboxylic acids is 1. The molecule has 20 heavy (non-hydrogen) atoms. The number of amides is 1. The van der Waals surface area contributed by atoms with Gasteiger partial charge in [-0.2, -0.15) is 0 Å². The van der Waals surface area contributed by atoms with E-state index in [1.165, 1.54) is 0 Å². The number of carboxylic acid groups (broad SMARTS) is 1. The van der Waals surface area contributed by atoms with E-state index in [9.17, 15) is 9.59 Å². The summed E-state index contributed by atoms with van der Waals surface area (Å²) in [7, 11) is -1.96. The van der Waals surface area contributed by atoms with E-state index in [-0.39, 0.29) is 29.0 Å². The monoisotopic (exact) mass is 301 g/mol. The van der Waals surface area contributed by atoms with Gasteiger partial charge in [0.25, 0.3) is 0 Å². The van der Waals surface area contributed by atoms with Gasteiger partial charge in [0.1, 0.15) is 0 Å². The minimum absolute atomic E-state index is 0.0649. The fourth-order valence-electron chi connectivity index (χ4n) is 2.23. The van der Waals surface area contributed by atoms with Crippen molar-refractivity contribution in [1.82, 2.24) is 5.32 Å². The number of aliphatic carboxylic acids is 1. The molecular weight excluding hydrogens is 274 g/mol. The molecule has 0 spiro atoms. The van der Waals surface area contributed by atoms with E-state index in [1.807, 2.05) is 6.92 Å². The van der Waals surface area contributed by atoms with Crippen LogP contribution in [0.5, 0.6) is 0 Å². The number of nitrogens with one attached hydrogen (secondary N) is 1. The maximum Gasteiger partial charge on any atom is 0.308 e. The molecule has 116 valence electrons. The van der Waals surface area contributed by atoms with Crippen LogP contribution in [0.2, 0.25) is 18.1 Å². The molecule has 1 unspecified atom stereocenters. The molecule has 0 aromatic heterocycles. The molecule has 0 bridgehead atoms. The highest BCUT2D eigenvalue weighted by atomic mass is 28.4. The second kappa shape index (κ2) is 5.48. The first kappa shape index (κ1) is 17.2. The van der Waals surface area contributed by atoms with E-state index in [4.69, 9.17) is 9.53 Å². The fraction of sp³-hybridized carbons (Fsp3) is 0.857. The highest BCUT2D eigenvalue weighted by Crippen LogP contribution is 2.39. The molecule has 0 aromatic carbocycles. The molecule has 0 aromatic rings. The van der Waals surface area contributed by atoms with Crippen molar-refractivity contribution in [1.29, 1.82) is 0 Å². The summed E-state index contributed by atoms with van der Waals surface area (Å²) in [4.78, 5) is 22.8. The van der Waals surface area contributed by atoms with Crippen molar-refractivity contribution in [3.05, 3.63) is 0 Å². The lowest BCUT2D eigenvalue weighted by atomic mass is 9.79. The van der Waals surface area contributed by atoms with Crippen molar-refractivity contribution in [3.63, 3.8) is 0 Å². The third kappa shape index (κ3) is 3.23. The lowest BCUT2D eigenvalue weighted by Crippen LogP contribution is -2.66. The van der Waals surface area contributed by atoms with Crippen LogP contribution < -0.4 is 5.32 Å². The maximum atomic E-state index is 11.8. The van der Waals surface area contributed by atoms with Gasteiger partial charge in [-0.3, -0.25) is 9.59 Å². The van der Waals surface area contributed by atoms with Gasteiger partial charge < -0.3 is 14.8 Å². The molecule has 2 N–H and O–H groups in total. The van der Waals surface area contributed by atoms with E-state index in [2.05, 4.69) is 39.2 Å². The number of carboxylic acids is 1. The second-order valence-corrected chi connectivity index (χ2v) is 12.0. The Labute approximate surface area is 122 Å². The number of hydrogen-bond donors (Lipinski definition) is 2. The molecule has 0 aliphatic carbocycles. The Morgan fingerprint density at radius 1 is 1.35 bits per heavy atom. The molecule has 1 saturated heterocycles. The van der Waals surface area contributed by atoms with Crippen molar-refractivity contribution >= 4 is 20.2 Å². The van der Waals surface area contributed by atoms with Gasteiger partial charge in [-0.15, -0.1) is 0 Å². The summed E-state index contributed by atoms with van der Waals surface area (Å²) in [6.45, 7) is 14.2. The lowest BCUT2D eigenvalue weighted by molar-refractivity contribution is -0.151. The van der Waals surface area contributed by atoms with Crippen molar-refractivity contribution in [3.8, 4) is 0 Å². The Morgan fingerprint density at radius 3 is 2.20 bits per heavy atom. The zero-order valence-electron chi connectivity index (χ0n) is 13.5. The quantitative estimate of drug-likeness (QED) is 0.603. The molecule has 5 nitrogen and oxygen atoms in total. The van der Waals surface area contributed by atoms with E-state index in [1.54, 1.807) is 6.92 Å². The molecule has 1 aliphatic rings. The first-order chi connectivity index (χ1) is 8.88. The van der Waals surface area contributed by atoms with Gasteiger partial charge in [0.2, 0.25) is 5.91 Å². The molecule has 4 atom stereocenters. The predicted molar refractivity (Wildman–Crippen MR) is 80.0 cm³/mol. The highest BCUT2D eigenvalue weighted by Gasteiger charge is 2.50. The molecule has 1 amide bonds. The van der Waals surface area contributed by atoms with Gasteiger partial charge in [0.05, 0.1) is 24.0 Å². The summed E-state index contributed by atoms with van der Waals surface area (Å²) in [5.41, 5.74) is 0. The molecule has 1 heterocycles. The summed E-state index contributed by atoms with van der Waals surface area (Å²) in [5, 5.41) is 11.8. The van der Waals surface area contributed by atoms with E-state index in [0.29, 0.717) is 0 Å². The van der Waals surface area contributed by atoms with Gasteiger partial charge in [0.15, 0.2) is 8.32 Å². The minimum Gasteiger partial charge on any atom is -0.481 e. The summed E-state index contributed by atoms with van der Waals surface area (Å²) < 4.78 is 6.22. The fourth-order valence-corrected chi connectivity index (χ4v) is 3.66. The van der Waals surface area contributed by atoms with Crippen LogP contribution in [0.3, 0.4) is 0 Å². The van der Waals surface area contributed by atoms with Crippen LogP contribution in [0, 0.1) is 11.8 Å². The summed E-state index contributed by atoms with van der Waals surface area (Å²) in [6, 6.07) is -0.334. The van der Waals surface area contributed by atoms with Gasteiger partial charge in [-0.25, -0.2) is 0 Å². The standard InChI is InChI=1S/C14H27NO4Si/c1-8(13(17)18)11-10(12(16)15-11)9(2)19-20(6,7)14(3,4)5/h8-11H,1-7H3,(H,15,16)(H,17,18)/t8-,9?,10-,11+/m1/s1. The van der Waals surface area contributed by atoms with Crippen LogP contribution in [-0.2, 0) is 14.0 Å². The first-order valence-corrected chi connectivity index (χ1v) is 10.0. The maximum absolute atomic E-state index is 11.8. The van der Waals surface area contributed by atoms with Gasteiger partial charge in [-0.05, 0) is 32.0 Å². The Morgan fingerprint density at radius 2 is 1.85 bits per heavy atom. The molecule has 1 aliphatic heterocycles. The van der Waals surface area contributed by atoms with Crippen molar-refractivity contribution in [2.75, 3.05) is 0 Å². The largest absolute Gasteiger partial charge is 0.481 e. The third-order valence-corrected chi connectivity index (χ3v) is 9.29. The minimum atomic E-state index is -1.96. The molecule has 0 saturated carbocycles. The van der Waals surface area contributed by atoms with E-state index < -0.39 is 20.2 Å². The van der Waals surface area contributed by atoms with Crippen LogP contribution in [0.15, 0.2) is 0 Å². The number of rotatable bonds is 5. The third-order valence-electron chi connectivity index (χ3n) is 4.72. The lowest BCUT2D eigenvalue weighted by Gasteiger charge is -2.46. The number of carbonyl (C=O) groups is 2. The summed E-state index contributed by atoms with van der Waals surface area (Å²) in [5.74, 6) is -1.95. The molecule has 1 rings (SSSR count). The predicted octanol–water partition coefficient (Wildman–Crippen LogP) is 2.23. The van der Waals surface area contributed by atoms with Gasteiger partial charge >= 0.3 is 5.97 Å². The summed E-state index contributed by atoms with van der Waals surface area (Å²) >= 11 is 0. The van der Waals surface area contributed by atoms with E-state index >= 15 is 0 Å². The number of β-lactam (4-membered cyclic amide) rings is 1.